The number of ether oxygens (including phenoxy) is 1. The molecule has 4 atom stereocenters. The van der Waals surface area contributed by atoms with Crippen LogP contribution >= 0.6 is 0 Å². The van der Waals surface area contributed by atoms with Crippen molar-refractivity contribution < 1.29 is 14.6 Å². The average molecular weight is 344 g/mol. The van der Waals surface area contributed by atoms with Gasteiger partial charge in [-0.3, -0.25) is 4.79 Å². The van der Waals surface area contributed by atoms with Crippen molar-refractivity contribution in [3.63, 3.8) is 0 Å². The highest BCUT2D eigenvalue weighted by Crippen LogP contribution is 2.53. The van der Waals surface area contributed by atoms with E-state index in [1.807, 2.05) is 30.3 Å². The Morgan fingerprint density at radius 2 is 1.84 bits per heavy atom. The highest BCUT2D eigenvalue weighted by atomic mass is 16.5. The Bertz CT molecular complexity index is 556. The largest absolute Gasteiger partial charge is 0.384 e. The molecule has 1 N–H and O–H groups in total. The Hall–Kier alpha value is -1.19. The van der Waals surface area contributed by atoms with Crippen LogP contribution in [-0.4, -0.2) is 24.1 Å². The summed E-state index contributed by atoms with van der Waals surface area (Å²) in [6.07, 6.45) is 8.31. The summed E-state index contributed by atoms with van der Waals surface area (Å²) in [5.41, 5.74) is -0.120. The van der Waals surface area contributed by atoms with Gasteiger partial charge in [-0.2, -0.15) is 0 Å². The molecule has 0 unspecified atom stereocenters. The van der Waals surface area contributed by atoms with E-state index in [4.69, 9.17) is 4.74 Å². The van der Waals surface area contributed by atoms with Crippen LogP contribution in [0.5, 0.6) is 0 Å². The molecule has 2 aliphatic rings. The van der Waals surface area contributed by atoms with Crippen molar-refractivity contribution in [3.05, 3.63) is 35.9 Å². The summed E-state index contributed by atoms with van der Waals surface area (Å²) >= 11 is 0. The number of carbonyl (C=O) groups is 1. The first-order valence-corrected chi connectivity index (χ1v) is 10.0. The van der Waals surface area contributed by atoms with Crippen LogP contribution in [0.25, 0.3) is 0 Å². The zero-order valence-corrected chi connectivity index (χ0v) is 15.5. The Balaban J connectivity index is 1.66. The van der Waals surface area contributed by atoms with E-state index in [-0.39, 0.29) is 17.6 Å². The number of benzene rings is 1. The van der Waals surface area contributed by atoms with Gasteiger partial charge in [0.1, 0.15) is 11.4 Å². The third kappa shape index (κ3) is 3.98. The van der Waals surface area contributed by atoms with Crippen LogP contribution < -0.4 is 0 Å². The maximum absolute atomic E-state index is 13.1. The number of Topliss-reactive ketones (excluding diaryl/α,β-unsaturated/α-hetero) is 1. The number of rotatable bonds is 9. The van der Waals surface area contributed by atoms with E-state index >= 15 is 0 Å². The van der Waals surface area contributed by atoms with Gasteiger partial charge in [-0.1, -0.05) is 69.4 Å². The predicted octanol–water partition coefficient (Wildman–Crippen LogP) is 4.48. The molecule has 1 aliphatic carbocycles. The van der Waals surface area contributed by atoms with Crippen LogP contribution in [0.15, 0.2) is 30.3 Å². The third-order valence-corrected chi connectivity index (χ3v) is 6.16. The molecule has 1 saturated heterocycles. The number of hydrogen-bond acceptors (Lipinski definition) is 3. The lowest BCUT2D eigenvalue weighted by molar-refractivity contribution is -0.134. The highest BCUT2D eigenvalue weighted by Gasteiger charge is 2.57. The number of aliphatic hydroxyl groups is 1. The zero-order valence-electron chi connectivity index (χ0n) is 15.5. The van der Waals surface area contributed by atoms with Gasteiger partial charge in [0, 0.05) is 18.9 Å². The monoisotopic (exact) mass is 344 g/mol. The lowest BCUT2D eigenvalue weighted by atomic mass is 9.77. The van der Waals surface area contributed by atoms with Crippen LogP contribution in [0.4, 0.5) is 0 Å². The van der Waals surface area contributed by atoms with Gasteiger partial charge in [0.05, 0.1) is 12.5 Å². The molecule has 0 amide bonds. The van der Waals surface area contributed by atoms with Crippen molar-refractivity contribution in [1.82, 2.24) is 0 Å². The molecule has 1 heterocycles. The number of unbranched alkanes of at least 4 members (excludes halogenated alkanes) is 5. The predicted molar refractivity (Wildman–Crippen MR) is 99.2 cm³/mol. The maximum Gasteiger partial charge on any atom is 0.139 e. The lowest BCUT2D eigenvalue weighted by Gasteiger charge is -2.32. The fourth-order valence-corrected chi connectivity index (χ4v) is 4.84. The molecule has 0 aromatic heterocycles. The Morgan fingerprint density at radius 3 is 2.60 bits per heavy atom. The Morgan fingerprint density at radius 1 is 1.12 bits per heavy atom. The van der Waals surface area contributed by atoms with Gasteiger partial charge in [-0.05, 0) is 24.3 Å². The second-order valence-electron chi connectivity index (χ2n) is 7.92. The van der Waals surface area contributed by atoms with Gasteiger partial charge in [-0.15, -0.1) is 0 Å². The average Bonchev–Trinajstić information content (AvgIpc) is 3.17. The summed E-state index contributed by atoms with van der Waals surface area (Å²) in [6.45, 7) is 3.52. The van der Waals surface area contributed by atoms with Crippen LogP contribution in [0.3, 0.4) is 0 Å². The summed E-state index contributed by atoms with van der Waals surface area (Å²) in [4.78, 5) is 13.1. The van der Waals surface area contributed by atoms with E-state index in [1.54, 1.807) is 0 Å². The second-order valence-corrected chi connectivity index (χ2v) is 7.92. The minimum Gasteiger partial charge on any atom is -0.384 e. The lowest BCUT2D eigenvalue weighted by Crippen LogP contribution is -2.39. The number of carbonyl (C=O) groups excluding carboxylic acids is 1. The molecule has 3 nitrogen and oxygen atoms in total. The van der Waals surface area contributed by atoms with Crippen molar-refractivity contribution >= 4 is 5.78 Å². The molecule has 25 heavy (non-hydrogen) atoms. The Labute approximate surface area is 151 Å². The number of hydrogen-bond donors (Lipinski definition) is 1. The normalized spacial score (nSPS) is 31.2. The van der Waals surface area contributed by atoms with Gasteiger partial charge in [0.15, 0.2) is 0 Å². The molecular weight excluding hydrogens is 312 g/mol. The number of ketones is 1. The number of fused-ring (bicyclic) bond motifs is 1. The first-order chi connectivity index (χ1) is 12.2. The molecule has 138 valence electrons. The first-order valence-electron chi connectivity index (χ1n) is 10.0. The molecule has 3 heteroatoms. The standard InChI is InChI=1S/C22H32O3/c1-2-3-4-5-6-10-13-20(23)21-19-16-25-15-17(19)14-22(21,24)18-11-8-7-9-12-18/h7-9,11-12,17,19,21,24H,2-6,10,13-16H2,1H3/t17-,19+,21+,22-/m1/s1. The van der Waals surface area contributed by atoms with Crippen LogP contribution in [-0.2, 0) is 15.1 Å². The van der Waals surface area contributed by atoms with E-state index in [1.165, 1.54) is 25.7 Å². The molecule has 0 spiro atoms. The Kier molecular flexibility index (Phi) is 6.29. The topological polar surface area (TPSA) is 46.5 Å². The summed E-state index contributed by atoms with van der Waals surface area (Å²) in [5.74, 6) is 0.416. The van der Waals surface area contributed by atoms with Crippen molar-refractivity contribution in [1.29, 1.82) is 0 Å². The van der Waals surface area contributed by atoms with Gasteiger partial charge in [0.2, 0.25) is 0 Å². The van der Waals surface area contributed by atoms with Gasteiger partial charge in [0.25, 0.3) is 0 Å². The molecule has 0 radical (unpaired) electrons. The summed E-state index contributed by atoms with van der Waals surface area (Å²) in [6, 6.07) is 9.79. The zero-order chi connectivity index (χ0) is 17.7. The molecular formula is C22H32O3. The molecule has 0 bridgehead atoms. The van der Waals surface area contributed by atoms with E-state index in [9.17, 15) is 9.90 Å². The molecule has 1 aromatic carbocycles. The van der Waals surface area contributed by atoms with Crippen LogP contribution in [0.1, 0.15) is 63.9 Å². The summed E-state index contributed by atoms with van der Waals surface area (Å²) in [5, 5.41) is 11.5. The van der Waals surface area contributed by atoms with Crippen molar-refractivity contribution in [2.24, 2.45) is 17.8 Å². The molecule has 1 saturated carbocycles. The van der Waals surface area contributed by atoms with Gasteiger partial charge < -0.3 is 9.84 Å². The fraction of sp³-hybridized carbons (Fsp3) is 0.682. The van der Waals surface area contributed by atoms with Crippen molar-refractivity contribution in [2.75, 3.05) is 13.2 Å². The van der Waals surface area contributed by atoms with E-state index in [2.05, 4.69) is 6.92 Å². The maximum atomic E-state index is 13.1. The minimum absolute atomic E-state index is 0.179. The fourth-order valence-electron chi connectivity index (χ4n) is 4.84. The summed E-state index contributed by atoms with van der Waals surface area (Å²) in [7, 11) is 0. The minimum atomic E-state index is -1.01. The smallest absolute Gasteiger partial charge is 0.139 e. The quantitative estimate of drug-likeness (QED) is 0.672. The van der Waals surface area contributed by atoms with Crippen LogP contribution in [0, 0.1) is 17.8 Å². The van der Waals surface area contributed by atoms with E-state index < -0.39 is 5.60 Å². The first kappa shape index (κ1) is 18.6. The molecule has 3 rings (SSSR count). The molecule has 1 aliphatic heterocycles. The van der Waals surface area contributed by atoms with Crippen molar-refractivity contribution in [2.45, 2.75) is 63.9 Å². The SMILES string of the molecule is CCCCCCCCC(=O)[C@@H]1[C@H]2COC[C@H]2C[C@@]1(O)c1ccccc1. The molecule has 2 fully saturated rings. The van der Waals surface area contributed by atoms with E-state index in [0.717, 1.165) is 18.4 Å². The summed E-state index contributed by atoms with van der Waals surface area (Å²) < 4.78 is 5.63. The van der Waals surface area contributed by atoms with Gasteiger partial charge >= 0.3 is 0 Å². The van der Waals surface area contributed by atoms with Crippen LogP contribution in [0.2, 0.25) is 0 Å². The highest BCUT2D eigenvalue weighted by molar-refractivity contribution is 5.83. The van der Waals surface area contributed by atoms with E-state index in [0.29, 0.717) is 32.0 Å². The second kappa shape index (κ2) is 8.46. The van der Waals surface area contributed by atoms with Gasteiger partial charge in [-0.25, -0.2) is 0 Å². The third-order valence-electron chi connectivity index (χ3n) is 6.16. The molecule has 1 aromatic rings. The van der Waals surface area contributed by atoms with Crippen molar-refractivity contribution in [3.8, 4) is 0 Å².